The number of piperidine rings is 1. The highest BCUT2D eigenvalue weighted by Gasteiger charge is 2.30. The van der Waals surface area contributed by atoms with Crippen LogP contribution in [0.1, 0.15) is 43.4 Å². The molecule has 0 radical (unpaired) electrons. The van der Waals surface area contributed by atoms with E-state index in [1.54, 1.807) is 0 Å². The number of nitrogens with zero attached hydrogens (tertiary/aromatic N) is 3. The van der Waals surface area contributed by atoms with Crippen molar-refractivity contribution < 1.29 is 0 Å². The van der Waals surface area contributed by atoms with E-state index in [0.717, 1.165) is 26.1 Å². The lowest BCUT2D eigenvalue weighted by atomic mass is 9.98. The Morgan fingerprint density at radius 1 is 0.909 bits per heavy atom. The average Bonchev–Trinajstić information content (AvgIpc) is 3.28. The molecule has 2 aromatic carbocycles. The second-order valence-electron chi connectivity index (χ2n) is 10.8. The predicted octanol–water partition coefficient (Wildman–Crippen LogP) is 4.37. The van der Waals surface area contributed by atoms with Gasteiger partial charge in [0.05, 0.1) is 0 Å². The standard InChI is InChI=1S/C29H40N4/c1-29(2,33-17-15-31(3)16-18-33)22-30-27-11-13-32(14-12-27)28-10-6-9-25(21-28)26-19-23-7-4-5-8-24(23)20-26/h4-10,19,21,27,30H,11-18,20,22H2,1-3H3. The summed E-state index contributed by atoms with van der Waals surface area (Å²) in [5.41, 5.74) is 7.24. The number of piperazine rings is 1. The van der Waals surface area contributed by atoms with Crippen LogP contribution in [0.4, 0.5) is 5.69 Å². The first-order chi connectivity index (χ1) is 16.0. The van der Waals surface area contributed by atoms with Crippen LogP contribution in [0.15, 0.2) is 48.5 Å². The minimum Gasteiger partial charge on any atom is -0.371 e. The summed E-state index contributed by atoms with van der Waals surface area (Å²) in [6, 6.07) is 18.6. The van der Waals surface area contributed by atoms with Crippen molar-refractivity contribution in [1.82, 2.24) is 15.1 Å². The van der Waals surface area contributed by atoms with E-state index in [-0.39, 0.29) is 5.54 Å². The van der Waals surface area contributed by atoms with Gasteiger partial charge in [0, 0.05) is 63.1 Å². The topological polar surface area (TPSA) is 21.8 Å². The fourth-order valence-electron chi connectivity index (χ4n) is 5.63. The zero-order valence-corrected chi connectivity index (χ0v) is 20.7. The SMILES string of the molecule is CN1CCN(C(C)(C)CNC2CCN(c3cccc(C4=Cc5ccccc5C4)c3)CC2)CC1. The molecule has 4 nitrogen and oxygen atoms in total. The number of fused-ring (bicyclic) bond motifs is 1. The van der Waals surface area contributed by atoms with Crippen LogP contribution in [0.3, 0.4) is 0 Å². The van der Waals surface area contributed by atoms with Gasteiger partial charge < -0.3 is 15.1 Å². The number of likely N-dealkylation sites (N-methyl/N-ethyl adjacent to an activating group) is 1. The highest BCUT2D eigenvalue weighted by Crippen LogP contribution is 2.33. The van der Waals surface area contributed by atoms with Gasteiger partial charge in [-0.2, -0.15) is 0 Å². The summed E-state index contributed by atoms with van der Waals surface area (Å²) in [6.45, 7) is 12.9. The van der Waals surface area contributed by atoms with E-state index in [0.29, 0.717) is 6.04 Å². The van der Waals surface area contributed by atoms with E-state index in [1.807, 2.05) is 0 Å². The lowest BCUT2D eigenvalue weighted by Crippen LogP contribution is -2.58. The number of anilines is 1. The second-order valence-corrected chi connectivity index (χ2v) is 10.8. The Morgan fingerprint density at radius 3 is 2.42 bits per heavy atom. The van der Waals surface area contributed by atoms with Crippen molar-refractivity contribution >= 4 is 17.3 Å². The van der Waals surface area contributed by atoms with E-state index in [9.17, 15) is 0 Å². The molecule has 2 aromatic rings. The number of nitrogens with one attached hydrogen (secondary N) is 1. The van der Waals surface area contributed by atoms with Gasteiger partial charge in [-0.1, -0.05) is 42.5 Å². The largest absolute Gasteiger partial charge is 0.371 e. The molecule has 2 heterocycles. The molecule has 0 unspecified atom stereocenters. The van der Waals surface area contributed by atoms with Gasteiger partial charge in [0.25, 0.3) is 0 Å². The van der Waals surface area contributed by atoms with Crippen molar-refractivity contribution in [2.24, 2.45) is 0 Å². The Bertz CT molecular complexity index is 979. The molecule has 2 saturated heterocycles. The van der Waals surface area contributed by atoms with E-state index >= 15 is 0 Å². The molecule has 0 bridgehead atoms. The van der Waals surface area contributed by atoms with Crippen molar-refractivity contribution in [3.63, 3.8) is 0 Å². The Morgan fingerprint density at radius 2 is 1.67 bits per heavy atom. The van der Waals surface area contributed by atoms with Crippen LogP contribution >= 0.6 is 0 Å². The van der Waals surface area contributed by atoms with Gasteiger partial charge in [0.1, 0.15) is 0 Å². The number of allylic oxidation sites excluding steroid dienone is 1. The molecule has 0 amide bonds. The first-order valence-corrected chi connectivity index (χ1v) is 12.8. The zero-order chi connectivity index (χ0) is 22.8. The molecular weight excluding hydrogens is 404 g/mol. The van der Waals surface area contributed by atoms with Crippen LogP contribution in [-0.2, 0) is 6.42 Å². The van der Waals surface area contributed by atoms with Gasteiger partial charge >= 0.3 is 0 Å². The third-order valence-corrected chi connectivity index (χ3v) is 8.03. The molecule has 0 spiro atoms. The number of benzene rings is 2. The van der Waals surface area contributed by atoms with Crippen molar-refractivity contribution in [2.45, 2.75) is 44.7 Å². The first kappa shape index (κ1) is 22.6. The molecule has 33 heavy (non-hydrogen) atoms. The van der Waals surface area contributed by atoms with E-state index < -0.39 is 0 Å². The molecule has 5 rings (SSSR count). The third kappa shape index (κ3) is 5.18. The molecule has 3 aliphatic rings. The summed E-state index contributed by atoms with van der Waals surface area (Å²) in [4.78, 5) is 7.68. The summed E-state index contributed by atoms with van der Waals surface area (Å²) in [5, 5.41) is 3.92. The maximum atomic E-state index is 3.92. The van der Waals surface area contributed by atoms with Gasteiger partial charge in [-0.25, -0.2) is 0 Å². The summed E-state index contributed by atoms with van der Waals surface area (Å²) in [7, 11) is 2.23. The Hall–Kier alpha value is -2.14. The second kappa shape index (κ2) is 9.61. The highest BCUT2D eigenvalue weighted by atomic mass is 15.3. The molecule has 1 aliphatic carbocycles. The third-order valence-electron chi connectivity index (χ3n) is 8.03. The van der Waals surface area contributed by atoms with Gasteiger partial charge in [-0.15, -0.1) is 0 Å². The minimum absolute atomic E-state index is 0.222. The molecule has 2 aliphatic heterocycles. The average molecular weight is 445 g/mol. The number of rotatable bonds is 6. The predicted molar refractivity (Wildman–Crippen MR) is 141 cm³/mol. The summed E-state index contributed by atoms with van der Waals surface area (Å²) in [6.07, 6.45) is 5.86. The van der Waals surface area contributed by atoms with Crippen LogP contribution in [0.2, 0.25) is 0 Å². The molecule has 4 heteroatoms. The maximum Gasteiger partial charge on any atom is 0.0372 e. The van der Waals surface area contributed by atoms with Crippen LogP contribution in [0.25, 0.3) is 11.6 Å². The normalized spacial score (nSPS) is 20.7. The number of hydrogen-bond donors (Lipinski definition) is 1. The first-order valence-electron chi connectivity index (χ1n) is 12.8. The molecule has 1 N–H and O–H groups in total. The summed E-state index contributed by atoms with van der Waals surface area (Å²) < 4.78 is 0. The van der Waals surface area contributed by atoms with Crippen molar-refractivity contribution in [3.8, 4) is 0 Å². The lowest BCUT2D eigenvalue weighted by Gasteiger charge is -2.44. The van der Waals surface area contributed by atoms with Gasteiger partial charge in [0.15, 0.2) is 0 Å². The van der Waals surface area contributed by atoms with Gasteiger partial charge in [0.2, 0.25) is 0 Å². The Labute approximate surface area is 200 Å². The molecule has 2 fully saturated rings. The van der Waals surface area contributed by atoms with Crippen LogP contribution in [0.5, 0.6) is 0 Å². The van der Waals surface area contributed by atoms with Gasteiger partial charge in [-0.3, -0.25) is 4.90 Å². The van der Waals surface area contributed by atoms with Crippen molar-refractivity contribution in [3.05, 3.63) is 65.2 Å². The monoisotopic (exact) mass is 444 g/mol. The van der Waals surface area contributed by atoms with Crippen LogP contribution in [0, 0.1) is 0 Å². The smallest absolute Gasteiger partial charge is 0.0372 e. The lowest BCUT2D eigenvalue weighted by molar-refractivity contribution is 0.0595. The van der Waals surface area contributed by atoms with Crippen LogP contribution < -0.4 is 10.2 Å². The quantitative estimate of drug-likeness (QED) is 0.714. The zero-order valence-electron chi connectivity index (χ0n) is 20.7. The fourth-order valence-corrected chi connectivity index (χ4v) is 5.63. The molecule has 176 valence electrons. The van der Waals surface area contributed by atoms with Crippen molar-refractivity contribution in [1.29, 1.82) is 0 Å². The highest BCUT2D eigenvalue weighted by molar-refractivity contribution is 5.89. The molecular formula is C29H40N4. The molecule has 0 saturated carbocycles. The number of hydrogen-bond acceptors (Lipinski definition) is 4. The Kier molecular flexibility index (Phi) is 6.60. The molecule has 0 atom stereocenters. The maximum absolute atomic E-state index is 3.92. The molecule has 0 aromatic heterocycles. The summed E-state index contributed by atoms with van der Waals surface area (Å²) in [5.74, 6) is 0. The van der Waals surface area contributed by atoms with E-state index in [4.69, 9.17) is 0 Å². The van der Waals surface area contributed by atoms with Crippen molar-refractivity contribution in [2.75, 3.05) is 57.8 Å². The fraction of sp³-hybridized carbons (Fsp3) is 0.517. The Balaban J connectivity index is 1.14. The minimum atomic E-state index is 0.222. The van der Waals surface area contributed by atoms with Crippen LogP contribution in [-0.4, -0.2) is 74.2 Å². The summed E-state index contributed by atoms with van der Waals surface area (Å²) >= 11 is 0. The van der Waals surface area contributed by atoms with E-state index in [1.165, 1.54) is 67.0 Å². The van der Waals surface area contributed by atoms with Gasteiger partial charge in [-0.05, 0) is 74.6 Å². The van der Waals surface area contributed by atoms with E-state index in [2.05, 4.69) is 95.5 Å².